The summed E-state index contributed by atoms with van der Waals surface area (Å²) >= 11 is 1.92. The quantitative estimate of drug-likeness (QED) is 0.834. The molecular formula is C19H22N2O2S. The Morgan fingerprint density at radius 1 is 1.00 bits per heavy atom. The monoisotopic (exact) mass is 342 g/mol. The van der Waals surface area contributed by atoms with Crippen LogP contribution in [0.5, 0.6) is 11.5 Å². The predicted molar refractivity (Wildman–Crippen MR) is 96.2 cm³/mol. The minimum atomic E-state index is 0.348. The summed E-state index contributed by atoms with van der Waals surface area (Å²) in [7, 11) is 0. The minimum Gasteiger partial charge on any atom is -0.454 e. The summed E-state index contributed by atoms with van der Waals surface area (Å²) in [6, 6.07) is 9.36. The molecule has 4 nitrogen and oxygen atoms in total. The molecule has 0 aliphatic carbocycles. The Morgan fingerprint density at radius 3 is 2.79 bits per heavy atom. The molecule has 0 spiro atoms. The highest BCUT2D eigenvalue weighted by atomic mass is 32.1. The molecule has 1 aromatic carbocycles. The highest BCUT2D eigenvalue weighted by molar-refractivity contribution is 7.10. The first-order valence-corrected chi connectivity index (χ1v) is 9.69. The van der Waals surface area contributed by atoms with Gasteiger partial charge in [-0.2, -0.15) is 0 Å². The maximum absolute atomic E-state index is 5.52. The average molecular weight is 342 g/mol. The van der Waals surface area contributed by atoms with E-state index in [0.717, 1.165) is 37.2 Å². The molecule has 0 bridgehead atoms. The molecule has 4 heterocycles. The van der Waals surface area contributed by atoms with Gasteiger partial charge >= 0.3 is 0 Å². The maximum Gasteiger partial charge on any atom is 0.231 e. The average Bonchev–Trinajstić information content (AvgIpc) is 3.29. The number of fused-ring (bicyclic) bond motifs is 2. The molecule has 5 heteroatoms. The third kappa shape index (κ3) is 2.56. The first-order chi connectivity index (χ1) is 11.9. The van der Waals surface area contributed by atoms with Gasteiger partial charge in [-0.25, -0.2) is 0 Å². The van der Waals surface area contributed by atoms with E-state index in [1.165, 1.54) is 31.5 Å². The summed E-state index contributed by atoms with van der Waals surface area (Å²) in [6.07, 6.45) is 3.72. The Hall–Kier alpha value is -1.72. The Labute approximate surface area is 146 Å². The lowest BCUT2D eigenvalue weighted by atomic mass is 9.99. The van der Waals surface area contributed by atoms with E-state index in [1.807, 2.05) is 17.4 Å². The number of nitrogens with zero attached hydrogens (tertiary/aromatic N) is 2. The smallest absolute Gasteiger partial charge is 0.231 e. The predicted octanol–water partition coefficient (Wildman–Crippen LogP) is 3.50. The Bertz CT molecular complexity index is 737. The number of hydrogen-bond donors (Lipinski definition) is 0. The van der Waals surface area contributed by atoms with Crippen LogP contribution in [0.25, 0.3) is 0 Å². The molecule has 0 N–H and O–H groups in total. The van der Waals surface area contributed by atoms with Crippen molar-refractivity contribution in [3.05, 3.63) is 40.1 Å². The van der Waals surface area contributed by atoms with Gasteiger partial charge in [-0.1, -0.05) is 0 Å². The molecule has 24 heavy (non-hydrogen) atoms. The second-order valence-electron chi connectivity index (χ2n) is 6.85. The molecule has 3 aliphatic heterocycles. The largest absolute Gasteiger partial charge is 0.454 e. The molecule has 5 rings (SSSR count). The molecule has 1 saturated heterocycles. The van der Waals surface area contributed by atoms with Crippen molar-refractivity contribution in [1.29, 1.82) is 0 Å². The van der Waals surface area contributed by atoms with E-state index in [-0.39, 0.29) is 0 Å². The summed E-state index contributed by atoms with van der Waals surface area (Å²) < 4.78 is 10.9. The van der Waals surface area contributed by atoms with Crippen LogP contribution in [0.15, 0.2) is 29.6 Å². The number of thiophene rings is 1. The second kappa shape index (κ2) is 5.97. The van der Waals surface area contributed by atoms with Crippen LogP contribution in [-0.4, -0.2) is 37.4 Å². The summed E-state index contributed by atoms with van der Waals surface area (Å²) in [6.45, 7) is 4.96. The first kappa shape index (κ1) is 14.6. The van der Waals surface area contributed by atoms with Crippen molar-refractivity contribution in [2.24, 2.45) is 0 Å². The van der Waals surface area contributed by atoms with E-state index >= 15 is 0 Å². The third-order valence-corrected chi connectivity index (χ3v) is 6.56. The fourth-order valence-corrected chi connectivity index (χ4v) is 5.04. The van der Waals surface area contributed by atoms with Crippen LogP contribution in [0.1, 0.15) is 23.3 Å². The summed E-state index contributed by atoms with van der Waals surface area (Å²) in [5, 5.41) is 2.25. The summed E-state index contributed by atoms with van der Waals surface area (Å²) in [5.41, 5.74) is 2.82. The van der Waals surface area contributed by atoms with Crippen LogP contribution < -0.4 is 14.4 Å². The molecule has 0 radical (unpaired) electrons. The van der Waals surface area contributed by atoms with Gasteiger partial charge in [-0.15, -0.1) is 11.3 Å². The van der Waals surface area contributed by atoms with Crippen molar-refractivity contribution >= 4 is 17.0 Å². The second-order valence-corrected chi connectivity index (χ2v) is 7.85. The number of hydrogen-bond acceptors (Lipinski definition) is 5. The third-order valence-electron chi connectivity index (χ3n) is 5.54. The number of piperidine rings is 1. The van der Waals surface area contributed by atoms with E-state index in [0.29, 0.717) is 6.79 Å². The van der Waals surface area contributed by atoms with Gasteiger partial charge in [0.2, 0.25) is 6.79 Å². The molecule has 1 aromatic heterocycles. The van der Waals surface area contributed by atoms with Crippen LogP contribution in [0.2, 0.25) is 0 Å². The topological polar surface area (TPSA) is 24.9 Å². The van der Waals surface area contributed by atoms with Gasteiger partial charge in [0.25, 0.3) is 0 Å². The zero-order valence-electron chi connectivity index (χ0n) is 13.7. The molecule has 2 aromatic rings. The van der Waals surface area contributed by atoms with E-state index in [9.17, 15) is 0 Å². The standard InChI is InChI=1S/C19H22N2O2S/c1-2-17-18(23-13-22-17)11-16(1)20-7-3-15(4-8-20)21-9-5-19-14(12-21)6-10-24-19/h1-2,6,10-11,15H,3-5,7-9,12-13H2. The Kier molecular flexibility index (Phi) is 3.64. The summed E-state index contributed by atoms with van der Waals surface area (Å²) in [4.78, 5) is 6.79. The van der Waals surface area contributed by atoms with Crippen LogP contribution in [0.4, 0.5) is 5.69 Å². The molecule has 3 aliphatic rings. The zero-order valence-corrected chi connectivity index (χ0v) is 14.6. The van der Waals surface area contributed by atoms with E-state index in [2.05, 4.69) is 33.4 Å². The molecule has 126 valence electrons. The molecule has 1 fully saturated rings. The van der Waals surface area contributed by atoms with Crippen molar-refractivity contribution in [3.8, 4) is 11.5 Å². The van der Waals surface area contributed by atoms with Crippen LogP contribution in [-0.2, 0) is 13.0 Å². The zero-order chi connectivity index (χ0) is 15.9. The fraction of sp³-hybridized carbons (Fsp3) is 0.474. The molecular weight excluding hydrogens is 320 g/mol. The Morgan fingerprint density at radius 2 is 1.88 bits per heavy atom. The van der Waals surface area contributed by atoms with E-state index < -0.39 is 0 Å². The fourth-order valence-electron chi connectivity index (χ4n) is 4.15. The maximum atomic E-state index is 5.52. The van der Waals surface area contributed by atoms with Gasteiger partial charge in [0.05, 0.1) is 0 Å². The van der Waals surface area contributed by atoms with Crippen LogP contribution in [0, 0.1) is 0 Å². The number of rotatable bonds is 2. The van der Waals surface area contributed by atoms with Gasteiger partial charge in [0.15, 0.2) is 11.5 Å². The van der Waals surface area contributed by atoms with Crippen molar-refractivity contribution in [1.82, 2.24) is 4.90 Å². The lowest BCUT2D eigenvalue weighted by Crippen LogP contribution is -2.46. The number of benzene rings is 1. The van der Waals surface area contributed by atoms with Gasteiger partial charge < -0.3 is 14.4 Å². The molecule has 0 saturated carbocycles. The normalized spacial score (nSPS) is 21.1. The van der Waals surface area contributed by atoms with Crippen molar-refractivity contribution in [3.63, 3.8) is 0 Å². The molecule has 0 unspecified atom stereocenters. The first-order valence-electron chi connectivity index (χ1n) is 8.81. The van der Waals surface area contributed by atoms with Gasteiger partial charge in [-0.3, -0.25) is 4.90 Å². The van der Waals surface area contributed by atoms with Crippen LogP contribution >= 0.6 is 11.3 Å². The highest BCUT2D eigenvalue weighted by Gasteiger charge is 2.28. The lowest BCUT2D eigenvalue weighted by molar-refractivity contribution is 0.154. The number of ether oxygens (including phenoxy) is 2. The minimum absolute atomic E-state index is 0.348. The highest BCUT2D eigenvalue weighted by Crippen LogP contribution is 2.36. The lowest BCUT2D eigenvalue weighted by Gasteiger charge is -2.41. The molecule has 0 atom stereocenters. The number of anilines is 1. The van der Waals surface area contributed by atoms with Crippen molar-refractivity contribution in [2.45, 2.75) is 31.8 Å². The van der Waals surface area contributed by atoms with Crippen molar-refractivity contribution < 1.29 is 9.47 Å². The molecule has 0 amide bonds. The van der Waals surface area contributed by atoms with E-state index in [4.69, 9.17) is 9.47 Å². The summed E-state index contributed by atoms with van der Waals surface area (Å²) in [5.74, 6) is 1.75. The van der Waals surface area contributed by atoms with Crippen LogP contribution in [0.3, 0.4) is 0 Å². The van der Waals surface area contributed by atoms with E-state index in [1.54, 1.807) is 10.4 Å². The van der Waals surface area contributed by atoms with Crippen molar-refractivity contribution in [2.75, 3.05) is 31.3 Å². The van der Waals surface area contributed by atoms with Gasteiger partial charge in [0.1, 0.15) is 0 Å². The Balaban J connectivity index is 1.23. The van der Waals surface area contributed by atoms with Gasteiger partial charge in [-0.05, 0) is 48.4 Å². The SMILES string of the molecule is c1cc2c(s1)CCN(C1CCN(c3ccc4c(c3)OCO4)CC1)C2. The van der Waals surface area contributed by atoms with Gasteiger partial charge in [0, 0.05) is 48.9 Å².